The van der Waals surface area contributed by atoms with Crippen LogP contribution in [0.5, 0.6) is 0 Å². The van der Waals surface area contributed by atoms with Crippen molar-refractivity contribution in [2.45, 2.75) is 26.3 Å². The van der Waals surface area contributed by atoms with Crippen LogP contribution in [0.25, 0.3) is 0 Å². The minimum Gasteiger partial charge on any atom is -0.299 e. The summed E-state index contributed by atoms with van der Waals surface area (Å²) in [6.45, 7) is 2.56. The van der Waals surface area contributed by atoms with E-state index in [0.29, 0.717) is 0 Å². The van der Waals surface area contributed by atoms with E-state index in [9.17, 15) is 4.79 Å². The normalized spacial score (nSPS) is 10.3. The molecule has 13 heavy (non-hydrogen) atoms. The van der Waals surface area contributed by atoms with E-state index in [1.165, 1.54) is 0 Å². The highest BCUT2D eigenvalue weighted by Crippen LogP contribution is 1.94. The third kappa shape index (κ3) is 3.22. The van der Waals surface area contributed by atoms with Crippen molar-refractivity contribution in [2.24, 2.45) is 0 Å². The largest absolute Gasteiger partial charge is 0.299 e. The van der Waals surface area contributed by atoms with Crippen molar-refractivity contribution >= 4 is 12.6 Å². The van der Waals surface area contributed by atoms with Crippen LogP contribution in [0.15, 0.2) is 17.2 Å². The first-order valence-corrected chi connectivity index (χ1v) is 5.01. The van der Waals surface area contributed by atoms with Gasteiger partial charge in [-0.2, -0.15) is 12.6 Å². The zero-order valence-corrected chi connectivity index (χ0v) is 8.63. The van der Waals surface area contributed by atoms with Gasteiger partial charge in [0.1, 0.15) is 0 Å². The van der Waals surface area contributed by atoms with E-state index in [2.05, 4.69) is 17.6 Å². The second kappa shape index (κ2) is 5.07. The lowest BCUT2D eigenvalue weighted by molar-refractivity contribution is 0.604. The van der Waals surface area contributed by atoms with Crippen molar-refractivity contribution in [1.82, 2.24) is 9.55 Å². The molecule has 0 fully saturated rings. The van der Waals surface area contributed by atoms with Gasteiger partial charge in [0, 0.05) is 18.3 Å². The van der Waals surface area contributed by atoms with Gasteiger partial charge < -0.3 is 0 Å². The Morgan fingerprint density at radius 3 is 2.92 bits per heavy atom. The third-order valence-corrected chi connectivity index (χ3v) is 2.14. The molecule has 4 heteroatoms. The van der Waals surface area contributed by atoms with Crippen LogP contribution in [0.2, 0.25) is 0 Å². The Morgan fingerprint density at radius 2 is 2.31 bits per heavy atom. The fourth-order valence-electron chi connectivity index (χ4n) is 1.08. The van der Waals surface area contributed by atoms with Gasteiger partial charge in [-0.05, 0) is 25.5 Å². The van der Waals surface area contributed by atoms with E-state index >= 15 is 0 Å². The molecule has 0 saturated heterocycles. The summed E-state index contributed by atoms with van der Waals surface area (Å²) in [5.41, 5.74) is 0.808. The molecule has 0 N–H and O–H groups in total. The zero-order chi connectivity index (χ0) is 9.68. The van der Waals surface area contributed by atoms with Crippen LogP contribution in [0.1, 0.15) is 18.5 Å². The Balaban J connectivity index is 2.62. The molecule has 1 rings (SSSR count). The summed E-state index contributed by atoms with van der Waals surface area (Å²) in [7, 11) is 0. The summed E-state index contributed by atoms with van der Waals surface area (Å²) in [5.74, 6) is 0.869. The Hall–Kier alpha value is -0.770. The predicted octanol–water partition coefficient (Wildman–Crippen LogP) is 1.26. The minimum absolute atomic E-state index is 0.0339. The van der Waals surface area contributed by atoms with Crippen molar-refractivity contribution in [1.29, 1.82) is 0 Å². The van der Waals surface area contributed by atoms with Crippen LogP contribution in [-0.4, -0.2) is 15.3 Å². The van der Waals surface area contributed by atoms with Gasteiger partial charge in [-0.15, -0.1) is 0 Å². The fourth-order valence-corrected chi connectivity index (χ4v) is 1.30. The average Bonchev–Trinajstić information content (AvgIpc) is 2.09. The summed E-state index contributed by atoms with van der Waals surface area (Å²) in [5, 5.41) is 0. The first-order chi connectivity index (χ1) is 6.24. The van der Waals surface area contributed by atoms with Gasteiger partial charge >= 0.3 is 0 Å². The first kappa shape index (κ1) is 10.3. The highest BCUT2D eigenvalue weighted by molar-refractivity contribution is 7.80. The maximum Gasteiger partial charge on any atom is 0.253 e. The molecule has 1 heterocycles. The monoisotopic (exact) mass is 198 g/mol. The van der Waals surface area contributed by atoms with Crippen molar-refractivity contribution in [2.75, 3.05) is 5.75 Å². The van der Waals surface area contributed by atoms with E-state index in [-0.39, 0.29) is 5.56 Å². The number of hydrogen-bond acceptors (Lipinski definition) is 3. The molecular formula is C9H14N2OS. The van der Waals surface area contributed by atoms with Gasteiger partial charge in [-0.3, -0.25) is 9.36 Å². The number of aromatic nitrogens is 2. The molecule has 0 spiro atoms. The molecular weight excluding hydrogens is 184 g/mol. The van der Waals surface area contributed by atoms with Crippen LogP contribution in [-0.2, 0) is 6.54 Å². The highest BCUT2D eigenvalue weighted by atomic mass is 32.1. The van der Waals surface area contributed by atoms with Gasteiger partial charge in [0.15, 0.2) is 0 Å². The smallest absolute Gasteiger partial charge is 0.253 e. The molecule has 0 bridgehead atoms. The van der Waals surface area contributed by atoms with Gasteiger partial charge in [0.2, 0.25) is 0 Å². The van der Waals surface area contributed by atoms with Crippen LogP contribution in [0.4, 0.5) is 0 Å². The molecule has 3 nitrogen and oxygen atoms in total. The fraction of sp³-hybridized carbons (Fsp3) is 0.556. The summed E-state index contributed by atoms with van der Waals surface area (Å²) in [6, 6.07) is 1.56. The molecule has 0 aliphatic carbocycles. The van der Waals surface area contributed by atoms with Crippen LogP contribution < -0.4 is 5.56 Å². The number of aryl methyl sites for hydroxylation is 2. The summed E-state index contributed by atoms with van der Waals surface area (Å²) >= 11 is 4.11. The Labute approximate surface area is 83.2 Å². The second-order valence-corrected chi connectivity index (χ2v) is 3.44. The molecule has 0 atom stereocenters. The molecule has 0 aliphatic rings. The number of nitrogens with zero attached hydrogens (tertiary/aromatic N) is 2. The maximum atomic E-state index is 11.3. The second-order valence-electron chi connectivity index (χ2n) is 2.99. The van der Waals surface area contributed by atoms with Crippen molar-refractivity contribution in [3.8, 4) is 0 Å². The van der Waals surface area contributed by atoms with Crippen molar-refractivity contribution < 1.29 is 0 Å². The standard InChI is InChI=1S/C9H14N2OS/c1-8-6-9(12)11(7-10-8)4-2-3-5-13/h6-7,13H,2-5H2,1H3. The predicted molar refractivity (Wildman–Crippen MR) is 56.3 cm³/mol. The number of hydrogen-bond donors (Lipinski definition) is 1. The molecule has 0 aromatic carbocycles. The average molecular weight is 198 g/mol. The van der Waals surface area contributed by atoms with Crippen LogP contribution >= 0.6 is 12.6 Å². The summed E-state index contributed by atoms with van der Waals surface area (Å²) in [4.78, 5) is 15.4. The number of thiol groups is 1. The molecule has 72 valence electrons. The van der Waals surface area contributed by atoms with Gasteiger partial charge in [-0.1, -0.05) is 0 Å². The third-order valence-electron chi connectivity index (χ3n) is 1.82. The first-order valence-electron chi connectivity index (χ1n) is 4.38. The highest BCUT2D eigenvalue weighted by Gasteiger charge is 1.95. The van der Waals surface area contributed by atoms with E-state index in [1.54, 1.807) is 17.0 Å². The van der Waals surface area contributed by atoms with Gasteiger partial charge in [0.25, 0.3) is 5.56 Å². The quantitative estimate of drug-likeness (QED) is 0.584. The van der Waals surface area contributed by atoms with Gasteiger partial charge in [-0.25, -0.2) is 4.98 Å². The van der Waals surface area contributed by atoms with Gasteiger partial charge in [0.05, 0.1) is 6.33 Å². The molecule has 1 aromatic rings. The summed E-state index contributed by atoms with van der Waals surface area (Å²) < 4.78 is 1.64. The number of unbranched alkanes of at least 4 members (excludes halogenated alkanes) is 1. The Morgan fingerprint density at radius 1 is 1.54 bits per heavy atom. The van der Waals surface area contributed by atoms with Crippen molar-refractivity contribution in [3.63, 3.8) is 0 Å². The van der Waals surface area contributed by atoms with E-state index in [0.717, 1.165) is 30.8 Å². The van der Waals surface area contributed by atoms with Crippen LogP contribution in [0, 0.1) is 6.92 Å². The van der Waals surface area contributed by atoms with Crippen LogP contribution in [0.3, 0.4) is 0 Å². The summed E-state index contributed by atoms with van der Waals surface area (Å²) in [6.07, 6.45) is 3.62. The molecule has 0 amide bonds. The lowest BCUT2D eigenvalue weighted by Crippen LogP contribution is -2.20. The van der Waals surface area contributed by atoms with E-state index < -0.39 is 0 Å². The topological polar surface area (TPSA) is 34.9 Å². The number of rotatable bonds is 4. The maximum absolute atomic E-state index is 11.3. The van der Waals surface area contributed by atoms with E-state index in [4.69, 9.17) is 0 Å². The molecule has 0 unspecified atom stereocenters. The lowest BCUT2D eigenvalue weighted by Gasteiger charge is -2.03. The van der Waals surface area contributed by atoms with E-state index in [1.807, 2.05) is 6.92 Å². The lowest BCUT2D eigenvalue weighted by atomic mass is 10.3. The molecule has 0 saturated carbocycles. The molecule has 1 aromatic heterocycles. The molecule has 0 radical (unpaired) electrons. The van der Waals surface area contributed by atoms with Crippen molar-refractivity contribution in [3.05, 3.63) is 28.4 Å². The minimum atomic E-state index is 0.0339. The Bertz CT molecular complexity index is 322. The Kier molecular flexibility index (Phi) is 4.02. The molecule has 0 aliphatic heterocycles. The zero-order valence-electron chi connectivity index (χ0n) is 7.73. The SMILES string of the molecule is Cc1cc(=O)n(CCCCS)cn1.